The molecule has 0 spiro atoms. The van der Waals surface area contributed by atoms with Gasteiger partial charge >= 0.3 is 17.9 Å². The minimum absolute atomic E-state index is 0.0782. The standard InChI is InChI=1S/C68H120O6/c1-4-7-10-13-16-19-22-25-27-29-31-32-33-34-35-36-38-39-41-43-46-49-52-55-58-61-67(70)73-64-65(63-72-66(69)60-57-54-51-48-45-24-21-18-15-12-9-6-3)74-68(71)62-59-56-53-50-47-44-42-40-37-30-28-26-23-20-17-14-11-8-5-2/h7,10,16,18-19,21,25,27,31-32,34-35,65H,4-6,8-9,11-15,17,20,22-24,26,28-30,33,36-64H2,1-3H3/b10-7-,19-16-,21-18-,27-25-,32-31-,35-34-. The van der Waals surface area contributed by atoms with Gasteiger partial charge in [-0.1, -0.05) is 286 Å². The van der Waals surface area contributed by atoms with Crippen LogP contribution in [-0.2, 0) is 28.6 Å². The molecule has 0 aromatic carbocycles. The molecule has 74 heavy (non-hydrogen) atoms. The van der Waals surface area contributed by atoms with Crippen LogP contribution in [0.2, 0.25) is 0 Å². The molecule has 0 aliphatic carbocycles. The van der Waals surface area contributed by atoms with Gasteiger partial charge in [0.2, 0.25) is 0 Å². The van der Waals surface area contributed by atoms with Crippen molar-refractivity contribution in [2.75, 3.05) is 13.2 Å². The molecular formula is C68H120O6. The molecule has 0 amide bonds. The van der Waals surface area contributed by atoms with Crippen LogP contribution in [0.25, 0.3) is 0 Å². The van der Waals surface area contributed by atoms with E-state index in [0.717, 1.165) is 103 Å². The molecule has 1 atom stereocenters. The Morgan fingerprint density at radius 3 is 0.865 bits per heavy atom. The Morgan fingerprint density at radius 2 is 0.527 bits per heavy atom. The van der Waals surface area contributed by atoms with Crippen LogP contribution in [0.1, 0.15) is 323 Å². The van der Waals surface area contributed by atoms with Crippen molar-refractivity contribution >= 4 is 17.9 Å². The van der Waals surface area contributed by atoms with Crippen LogP contribution < -0.4 is 0 Å². The van der Waals surface area contributed by atoms with Gasteiger partial charge in [0.05, 0.1) is 0 Å². The Labute approximate surface area is 459 Å². The Hall–Kier alpha value is -3.15. The molecule has 0 heterocycles. The molecule has 6 heteroatoms. The third-order valence-electron chi connectivity index (χ3n) is 13.9. The SMILES string of the molecule is CC/C=C\C/C=C\C/C=C\C/C=C\C/C=C\CCCCCCCCCCCC(=O)OCC(COC(=O)CCCCCCC/C=C\CCCCC)OC(=O)CCCCCCCCCCCCCCCCCCCCC. The lowest BCUT2D eigenvalue weighted by atomic mass is 10.0. The first-order valence-electron chi connectivity index (χ1n) is 31.9. The summed E-state index contributed by atoms with van der Waals surface area (Å²) in [7, 11) is 0. The average Bonchev–Trinajstić information content (AvgIpc) is 3.40. The van der Waals surface area contributed by atoms with E-state index in [1.807, 2.05) is 0 Å². The molecule has 0 saturated carbocycles. The van der Waals surface area contributed by atoms with Crippen molar-refractivity contribution in [2.24, 2.45) is 0 Å². The second-order valence-corrected chi connectivity index (χ2v) is 21.3. The number of esters is 3. The van der Waals surface area contributed by atoms with Gasteiger partial charge in [-0.15, -0.1) is 0 Å². The molecule has 1 unspecified atom stereocenters. The predicted octanol–water partition coefficient (Wildman–Crippen LogP) is 21.7. The molecule has 0 fully saturated rings. The van der Waals surface area contributed by atoms with Crippen LogP contribution in [0.15, 0.2) is 72.9 Å². The van der Waals surface area contributed by atoms with Crippen LogP contribution in [0.3, 0.4) is 0 Å². The Kier molecular flexibility index (Phi) is 59.7. The van der Waals surface area contributed by atoms with Gasteiger partial charge in [0.15, 0.2) is 6.10 Å². The summed E-state index contributed by atoms with van der Waals surface area (Å²) >= 11 is 0. The summed E-state index contributed by atoms with van der Waals surface area (Å²) in [5.74, 6) is -0.876. The van der Waals surface area contributed by atoms with Gasteiger partial charge in [-0.05, 0) is 89.9 Å². The van der Waals surface area contributed by atoms with E-state index >= 15 is 0 Å². The summed E-state index contributed by atoms with van der Waals surface area (Å²) in [4.78, 5) is 38.3. The molecule has 0 aliphatic rings. The van der Waals surface area contributed by atoms with E-state index in [2.05, 4.69) is 93.7 Å². The molecule has 428 valence electrons. The molecule has 0 aliphatic heterocycles. The lowest BCUT2D eigenvalue weighted by Gasteiger charge is -2.18. The van der Waals surface area contributed by atoms with E-state index in [1.165, 1.54) is 180 Å². The molecule has 0 aromatic heterocycles. The number of carbonyl (C=O) groups excluding carboxylic acids is 3. The monoisotopic (exact) mass is 1030 g/mol. The minimum Gasteiger partial charge on any atom is -0.462 e. The summed E-state index contributed by atoms with van der Waals surface area (Å²) < 4.78 is 16.9. The number of hydrogen-bond donors (Lipinski definition) is 0. The van der Waals surface area contributed by atoms with Gasteiger partial charge in [-0.2, -0.15) is 0 Å². The third-order valence-corrected chi connectivity index (χ3v) is 13.9. The zero-order chi connectivity index (χ0) is 53.6. The van der Waals surface area contributed by atoms with Crippen LogP contribution in [0.5, 0.6) is 0 Å². The van der Waals surface area contributed by atoms with Gasteiger partial charge in [0.25, 0.3) is 0 Å². The highest BCUT2D eigenvalue weighted by Crippen LogP contribution is 2.17. The number of hydrogen-bond acceptors (Lipinski definition) is 6. The fraction of sp³-hybridized carbons (Fsp3) is 0.779. The van der Waals surface area contributed by atoms with Crippen molar-refractivity contribution in [3.63, 3.8) is 0 Å². The van der Waals surface area contributed by atoms with Crippen LogP contribution in [-0.4, -0.2) is 37.2 Å². The van der Waals surface area contributed by atoms with Crippen LogP contribution in [0, 0.1) is 0 Å². The van der Waals surface area contributed by atoms with E-state index < -0.39 is 6.10 Å². The maximum Gasteiger partial charge on any atom is 0.306 e. The van der Waals surface area contributed by atoms with Crippen molar-refractivity contribution in [1.29, 1.82) is 0 Å². The van der Waals surface area contributed by atoms with Crippen molar-refractivity contribution in [3.8, 4) is 0 Å². The molecule has 0 bridgehead atoms. The number of rotatable bonds is 58. The van der Waals surface area contributed by atoms with Crippen LogP contribution >= 0.6 is 0 Å². The van der Waals surface area contributed by atoms with Gasteiger partial charge in [0.1, 0.15) is 13.2 Å². The second-order valence-electron chi connectivity index (χ2n) is 21.3. The van der Waals surface area contributed by atoms with Gasteiger partial charge in [-0.3, -0.25) is 14.4 Å². The third kappa shape index (κ3) is 59.7. The van der Waals surface area contributed by atoms with Crippen molar-refractivity contribution in [1.82, 2.24) is 0 Å². The largest absolute Gasteiger partial charge is 0.462 e. The highest BCUT2D eigenvalue weighted by Gasteiger charge is 2.19. The Balaban J connectivity index is 4.29. The second kappa shape index (κ2) is 62.4. The lowest BCUT2D eigenvalue weighted by Crippen LogP contribution is -2.30. The fourth-order valence-corrected chi connectivity index (χ4v) is 9.17. The Morgan fingerprint density at radius 1 is 0.284 bits per heavy atom. The summed E-state index contributed by atoms with van der Waals surface area (Å²) in [6.45, 7) is 6.53. The first kappa shape index (κ1) is 70.8. The van der Waals surface area contributed by atoms with E-state index in [4.69, 9.17) is 14.2 Å². The lowest BCUT2D eigenvalue weighted by molar-refractivity contribution is -0.167. The smallest absolute Gasteiger partial charge is 0.306 e. The quantitative estimate of drug-likeness (QED) is 0.0261. The fourth-order valence-electron chi connectivity index (χ4n) is 9.17. The maximum absolute atomic E-state index is 12.9. The molecule has 0 saturated heterocycles. The van der Waals surface area contributed by atoms with Gasteiger partial charge < -0.3 is 14.2 Å². The molecule has 0 aromatic rings. The maximum atomic E-state index is 12.9. The van der Waals surface area contributed by atoms with E-state index in [0.29, 0.717) is 19.3 Å². The zero-order valence-electron chi connectivity index (χ0n) is 49.1. The molecule has 0 radical (unpaired) electrons. The number of carbonyl (C=O) groups is 3. The topological polar surface area (TPSA) is 78.9 Å². The predicted molar refractivity (Wildman–Crippen MR) is 321 cm³/mol. The number of allylic oxidation sites excluding steroid dienone is 12. The van der Waals surface area contributed by atoms with Gasteiger partial charge in [-0.25, -0.2) is 0 Å². The first-order chi connectivity index (χ1) is 36.5. The molecule has 0 N–H and O–H groups in total. The molecule has 0 rings (SSSR count). The van der Waals surface area contributed by atoms with E-state index in [9.17, 15) is 14.4 Å². The normalized spacial score (nSPS) is 12.5. The molecular weight excluding hydrogens is 913 g/mol. The number of unbranched alkanes of at least 4 members (excludes halogenated alkanes) is 35. The first-order valence-corrected chi connectivity index (χ1v) is 31.9. The summed E-state index contributed by atoms with van der Waals surface area (Å²) in [6, 6.07) is 0. The minimum atomic E-state index is -0.780. The van der Waals surface area contributed by atoms with Gasteiger partial charge in [0, 0.05) is 19.3 Å². The van der Waals surface area contributed by atoms with Crippen molar-refractivity contribution in [2.45, 2.75) is 329 Å². The molecule has 6 nitrogen and oxygen atoms in total. The Bertz CT molecular complexity index is 1370. The average molecular weight is 1030 g/mol. The highest BCUT2D eigenvalue weighted by molar-refractivity contribution is 5.71. The van der Waals surface area contributed by atoms with E-state index in [-0.39, 0.29) is 31.1 Å². The number of ether oxygens (including phenoxy) is 3. The summed E-state index contributed by atoms with van der Waals surface area (Å²) in [5.41, 5.74) is 0. The van der Waals surface area contributed by atoms with E-state index in [1.54, 1.807) is 0 Å². The van der Waals surface area contributed by atoms with Crippen molar-refractivity contribution in [3.05, 3.63) is 72.9 Å². The highest BCUT2D eigenvalue weighted by atomic mass is 16.6. The van der Waals surface area contributed by atoms with Crippen LogP contribution in [0.4, 0.5) is 0 Å². The summed E-state index contributed by atoms with van der Waals surface area (Å²) in [6.07, 6.45) is 80.5. The zero-order valence-corrected chi connectivity index (χ0v) is 49.1. The summed E-state index contributed by atoms with van der Waals surface area (Å²) in [5, 5.41) is 0. The van der Waals surface area contributed by atoms with Crippen molar-refractivity contribution < 1.29 is 28.6 Å².